The van der Waals surface area contributed by atoms with Gasteiger partial charge < -0.3 is 15.8 Å². The van der Waals surface area contributed by atoms with Crippen molar-refractivity contribution in [1.29, 1.82) is 0 Å². The van der Waals surface area contributed by atoms with Gasteiger partial charge >= 0.3 is 5.97 Å². The van der Waals surface area contributed by atoms with Gasteiger partial charge in [-0.1, -0.05) is 24.5 Å². The van der Waals surface area contributed by atoms with E-state index < -0.39 is 5.97 Å². The molecule has 6 nitrogen and oxygen atoms in total. The second kappa shape index (κ2) is 7.13. The number of nitrogens with two attached hydrogens (primary N) is 1. The minimum absolute atomic E-state index is 0.0834. The van der Waals surface area contributed by atoms with Crippen LogP contribution in [0.5, 0.6) is 0 Å². The van der Waals surface area contributed by atoms with Crippen LogP contribution in [0.25, 0.3) is 10.9 Å². The number of rotatable bonds is 4. The van der Waals surface area contributed by atoms with E-state index in [0.717, 1.165) is 42.1 Å². The maximum absolute atomic E-state index is 12.1. The highest BCUT2D eigenvalue weighted by atomic mass is 16.5. The molecule has 0 unspecified atom stereocenters. The zero-order valence-electron chi connectivity index (χ0n) is 14.2. The first kappa shape index (κ1) is 16.6. The Morgan fingerprint density at radius 2 is 2.12 bits per heavy atom. The number of aryl methyl sites for hydroxylation is 1. The van der Waals surface area contributed by atoms with Crippen molar-refractivity contribution in [1.82, 2.24) is 9.97 Å². The van der Waals surface area contributed by atoms with Crippen molar-refractivity contribution in [2.24, 2.45) is 5.73 Å². The lowest BCUT2D eigenvalue weighted by Crippen LogP contribution is -2.42. The summed E-state index contributed by atoms with van der Waals surface area (Å²) >= 11 is 0. The Hall–Kier alpha value is -2.21. The maximum Gasteiger partial charge on any atom is 0.376 e. The van der Waals surface area contributed by atoms with Gasteiger partial charge in [-0.25, -0.2) is 14.8 Å². The van der Waals surface area contributed by atoms with Crippen LogP contribution in [0.2, 0.25) is 0 Å². The van der Waals surface area contributed by atoms with Crippen molar-refractivity contribution in [3.8, 4) is 0 Å². The van der Waals surface area contributed by atoms with E-state index in [4.69, 9.17) is 10.5 Å². The van der Waals surface area contributed by atoms with E-state index >= 15 is 0 Å². The van der Waals surface area contributed by atoms with Gasteiger partial charge in [-0.15, -0.1) is 0 Å². The van der Waals surface area contributed by atoms with Gasteiger partial charge in [-0.2, -0.15) is 0 Å². The molecular formula is C18H24N4O2. The molecule has 2 atom stereocenters. The zero-order valence-corrected chi connectivity index (χ0v) is 14.2. The van der Waals surface area contributed by atoms with Crippen molar-refractivity contribution < 1.29 is 9.53 Å². The number of anilines is 1. The number of fused-ring (bicyclic) bond motifs is 1. The normalized spacial score (nSPS) is 20.8. The quantitative estimate of drug-likeness (QED) is 0.839. The van der Waals surface area contributed by atoms with E-state index in [1.54, 1.807) is 6.92 Å². The Kier molecular flexibility index (Phi) is 4.94. The fourth-order valence-electron chi connectivity index (χ4n) is 3.15. The molecule has 0 radical (unpaired) electrons. The Morgan fingerprint density at radius 1 is 1.33 bits per heavy atom. The molecule has 0 aliphatic heterocycles. The van der Waals surface area contributed by atoms with Gasteiger partial charge in [0.1, 0.15) is 5.82 Å². The van der Waals surface area contributed by atoms with Crippen molar-refractivity contribution in [3.63, 3.8) is 0 Å². The van der Waals surface area contributed by atoms with Gasteiger partial charge in [0.2, 0.25) is 5.82 Å². The lowest BCUT2D eigenvalue weighted by Gasteiger charge is -2.30. The number of hydrogen-bond donors (Lipinski definition) is 2. The molecule has 1 saturated carbocycles. The molecule has 24 heavy (non-hydrogen) atoms. The number of nitrogens with one attached hydrogen (secondary N) is 1. The number of esters is 1. The lowest BCUT2D eigenvalue weighted by atomic mass is 9.91. The Labute approximate surface area is 141 Å². The first-order chi connectivity index (χ1) is 11.6. The molecular weight excluding hydrogens is 304 g/mol. The molecule has 3 rings (SSSR count). The second-order valence-electron chi connectivity index (χ2n) is 6.34. The summed E-state index contributed by atoms with van der Waals surface area (Å²) in [6.45, 7) is 4.09. The molecule has 1 heterocycles. The average Bonchev–Trinajstić information content (AvgIpc) is 2.57. The first-order valence-corrected chi connectivity index (χ1v) is 8.56. The third kappa shape index (κ3) is 3.48. The summed E-state index contributed by atoms with van der Waals surface area (Å²) in [5, 5.41) is 4.36. The third-order valence-electron chi connectivity index (χ3n) is 4.45. The first-order valence-electron chi connectivity index (χ1n) is 8.56. The van der Waals surface area contributed by atoms with Crippen LogP contribution >= 0.6 is 0 Å². The van der Waals surface area contributed by atoms with Gasteiger partial charge in [0.05, 0.1) is 12.1 Å². The zero-order chi connectivity index (χ0) is 17.1. The number of nitrogens with zero attached hydrogens (tertiary/aromatic N) is 2. The predicted octanol–water partition coefficient (Wildman–Crippen LogP) is 2.80. The molecule has 1 aromatic heterocycles. The van der Waals surface area contributed by atoms with Gasteiger partial charge in [-0.3, -0.25) is 0 Å². The lowest BCUT2D eigenvalue weighted by molar-refractivity contribution is 0.0512. The molecule has 1 aliphatic carbocycles. The summed E-state index contributed by atoms with van der Waals surface area (Å²) in [6.07, 6.45) is 4.33. The van der Waals surface area contributed by atoms with Crippen LogP contribution in [0.1, 0.15) is 48.8 Å². The Bertz CT molecular complexity index is 747. The fraction of sp³-hybridized carbons (Fsp3) is 0.500. The minimum atomic E-state index is -0.504. The molecule has 0 saturated heterocycles. The molecule has 2 aromatic rings. The van der Waals surface area contributed by atoms with Gasteiger partial charge in [0.15, 0.2) is 0 Å². The number of aromatic nitrogens is 2. The largest absolute Gasteiger partial charge is 0.460 e. The summed E-state index contributed by atoms with van der Waals surface area (Å²) in [4.78, 5) is 20.9. The predicted molar refractivity (Wildman–Crippen MR) is 94.1 cm³/mol. The van der Waals surface area contributed by atoms with E-state index in [2.05, 4.69) is 15.3 Å². The summed E-state index contributed by atoms with van der Waals surface area (Å²) in [6, 6.07) is 6.16. The van der Waals surface area contributed by atoms with Crippen molar-refractivity contribution in [2.75, 3.05) is 11.9 Å². The van der Waals surface area contributed by atoms with E-state index in [-0.39, 0.29) is 17.9 Å². The number of carbonyl (C=O) groups is 1. The van der Waals surface area contributed by atoms with Crippen LogP contribution in [-0.2, 0) is 4.74 Å². The van der Waals surface area contributed by atoms with Crippen LogP contribution in [0.4, 0.5) is 5.82 Å². The number of hydrogen-bond acceptors (Lipinski definition) is 6. The molecule has 0 spiro atoms. The highest BCUT2D eigenvalue weighted by molar-refractivity contribution is 5.94. The summed E-state index contributed by atoms with van der Waals surface area (Å²) < 4.78 is 5.05. The molecule has 3 N–H and O–H groups in total. The van der Waals surface area contributed by atoms with Crippen LogP contribution in [-0.4, -0.2) is 34.6 Å². The van der Waals surface area contributed by atoms with Crippen LogP contribution in [0, 0.1) is 6.92 Å². The third-order valence-corrected chi connectivity index (χ3v) is 4.45. The highest BCUT2D eigenvalue weighted by Gasteiger charge is 2.24. The van der Waals surface area contributed by atoms with Crippen LogP contribution in [0.3, 0.4) is 0 Å². The molecule has 6 heteroatoms. The van der Waals surface area contributed by atoms with Crippen LogP contribution < -0.4 is 11.1 Å². The molecule has 0 amide bonds. The van der Waals surface area contributed by atoms with E-state index in [0.29, 0.717) is 12.4 Å². The van der Waals surface area contributed by atoms with E-state index in [9.17, 15) is 4.79 Å². The number of ether oxygens (including phenoxy) is 1. The van der Waals surface area contributed by atoms with Gasteiger partial charge in [0, 0.05) is 17.5 Å². The fourth-order valence-corrected chi connectivity index (χ4v) is 3.15. The maximum atomic E-state index is 12.1. The van der Waals surface area contributed by atoms with Crippen molar-refractivity contribution in [2.45, 2.75) is 51.6 Å². The molecule has 0 bridgehead atoms. The monoisotopic (exact) mass is 328 g/mol. The van der Waals surface area contributed by atoms with E-state index in [1.807, 2.05) is 25.1 Å². The van der Waals surface area contributed by atoms with Crippen molar-refractivity contribution in [3.05, 3.63) is 29.6 Å². The van der Waals surface area contributed by atoms with Crippen molar-refractivity contribution >= 4 is 22.7 Å². The highest BCUT2D eigenvalue weighted by Crippen LogP contribution is 2.26. The Morgan fingerprint density at radius 3 is 2.88 bits per heavy atom. The topological polar surface area (TPSA) is 90.1 Å². The molecule has 128 valence electrons. The van der Waals surface area contributed by atoms with Gasteiger partial charge in [-0.05, 0) is 38.8 Å². The molecule has 1 aromatic carbocycles. The minimum Gasteiger partial charge on any atom is -0.460 e. The standard InChI is InChI=1S/C18H24N4O2/c1-3-24-18(23)17-20-14-9-8-11(2)10-12(14)16(22-17)21-15-7-5-4-6-13(15)19/h8-10,13,15H,3-7,19H2,1-2H3,(H,20,21,22)/t13-,15+/m1/s1. The average molecular weight is 328 g/mol. The molecule has 1 fully saturated rings. The summed E-state index contributed by atoms with van der Waals surface area (Å²) in [7, 11) is 0. The SMILES string of the molecule is CCOC(=O)c1nc(N[C@H]2CCCC[C@H]2N)c2cc(C)ccc2n1. The van der Waals surface area contributed by atoms with Gasteiger partial charge in [0.25, 0.3) is 0 Å². The smallest absolute Gasteiger partial charge is 0.376 e. The van der Waals surface area contributed by atoms with E-state index in [1.165, 1.54) is 0 Å². The Balaban J connectivity index is 2.02. The molecule has 1 aliphatic rings. The second-order valence-corrected chi connectivity index (χ2v) is 6.34. The summed E-state index contributed by atoms with van der Waals surface area (Å²) in [5.41, 5.74) is 8.09. The number of benzene rings is 1. The number of carbonyl (C=O) groups excluding carboxylic acids is 1. The van der Waals surface area contributed by atoms with Crippen LogP contribution in [0.15, 0.2) is 18.2 Å². The summed E-state index contributed by atoms with van der Waals surface area (Å²) in [5.74, 6) is 0.241.